The molecule has 20 heavy (non-hydrogen) atoms. The van der Waals surface area contributed by atoms with Gasteiger partial charge in [0.1, 0.15) is 11.5 Å². The predicted molar refractivity (Wildman–Crippen MR) is 79.8 cm³/mol. The molecular weight excluding hydrogens is 250 g/mol. The SMILES string of the molecule is OCCN(Cc1ccccc1)c1cccc2nccn12. The molecule has 3 aromatic rings. The summed E-state index contributed by atoms with van der Waals surface area (Å²) in [4.78, 5) is 6.46. The van der Waals surface area contributed by atoms with Gasteiger partial charge in [-0.2, -0.15) is 0 Å². The Labute approximate surface area is 117 Å². The van der Waals surface area contributed by atoms with Gasteiger partial charge in [-0.1, -0.05) is 36.4 Å². The summed E-state index contributed by atoms with van der Waals surface area (Å²) in [5, 5.41) is 9.33. The molecule has 0 aliphatic carbocycles. The Hall–Kier alpha value is -2.33. The summed E-state index contributed by atoms with van der Waals surface area (Å²) in [5.74, 6) is 1.04. The molecule has 0 unspecified atom stereocenters. The lowest BCUT2D eigenvalue weighted by Crippen LogP contribution is -2.27. The van der Waals surface area contributed by atoms with E-state index in [9.17, 15) is 5.11 Å². The minimum absolute atomic E-state index is 0.123. The minimum Gasteiger partial charge on any atom is -0.395 e. The van der Waals surface area contributed by atoms with E-state index in [2.05, 4.69) is 22.0 Å². The summed E-state index contributed by atoms with van der Waals surface area (Å²) in [6.07, 6.45) is 3.73. The Balaban J connectivity index is 1.96. The van der Waals surface area contributed by atoms with Crippen LogP contribution in [0, 0.1) is 0 Å². The van der Waals surface area contributed by atoms with Gasteiger partial charge in [-0.3, -0.25) is 4.40 Å². The maximum absolute atomic E-state index is 9.33. The van der Waals surface area contributed by atoms with Crippen molar-refractivity contribution in [3.8, 4) is 0 Å². The number of pyridine rings is 1. The fourth-order valence-electron chi connectivity index (χ4n) is 2.39. The number of aliphatic hydroxyl groups is 1. The molecule has 3 rings (SSSR count). The molecule has 0 aliphatic heterocycles. The first-order valence-corrected chi connectivity index (χ1v) is 6.70. The smallest absolute Gasteiger partial charge is 0.138 e. The Bertz CT molecular complexity index is 678. The van der Waals surface area contributed by atoms with Crippen LogP contribution in [0.2, 0.25) is 0 Å². The van der Waals surface area contributed by atoms with Crippen molar-refractivity contribution >= 4 is 11.5 Å². The van der Waals surface area contributed by atoms with E-state index < -0.39 is 0 Å². The first kappa shape index (κ1) is 12.7. The third kappa shape index (κ3) is 2.51. The van der Waals surface area contributed by atoms with Crippen molar-refractivity contribution < 1.29 is 5.11 Å². The van der Waals surface area contributed by atoms with Gasteiger partial charge in [-0.05, 0) is 17.7 Å². The molecule has 2 aromatic heterocycles. The number of aromatic nitrogens is 2. The van der Waals surface area contributed by atoms with E-state index in [1.165, 1.54) is 5.56 Å². The van der Waals surface area contributed by atoms with E-state index in [4.69, 9.17) is 0 Å². The second kappa shape index (κ2) is 5.75. The van der Waals surface area contributed by atoms with Crippen LogP contribution < -0.4 is 4.90 Å². The molecule has 0 saturated heterocycles. The molecule has 0 amide bonds. The molecule has 0 radical (unpaired) electrons. The van der Waals surface area contributed by atoms with Gasteiger partial charge in [-0.15, -0.1) is 0 Å². The van der Waals surface area contributed by atoms with E-state index in [1.54, 1.807) is 6.20 Å². The van der Waals surface area contributed by atoms with Crippen molar-refractivity contribution in [2.75, 3.05) is 18.1 Å². The van der Waals surface area contributed by atoms with Gasteiger partial charge in [0, 0.05) is 25.5 Å². The quantitative estimate of drug-likeness (QED) is 0.771. The van der Waals surface area contributed by atoms with Crippen LogP contribution in [0.15, 0.2) is 60.9 Å². The normalized spacial score (nSPS) is 10.8. The molecule has 0 fully saturated rings. The van der Waals surface area contributed by atoms with Gasteiger partial charge in [-0.25, -0.2) is 4.98 Å². The molecule has 4 heteroatoms. The van der Waals surface area contributed by atoms with Crippen LogP contribution in [0.5, 0.6) is 0 Å². The van der Waals surface area contributed by atoms with Crippen LogP contribution in [0.1, 0.15) is 5.56 Å². The third-order valence-electron chi connectivity index (χ3n) is 3.32. The topological polar surface area (TPSA) is 40.8 Å². The number of nitrogens with zero attached hydrogens (tertiary/aromatic N) is 3. The van der Waals surface area contributed by atoms with Crippen LogP contribution in [-0.4, -0.2) is 27.6 Å². The van der Waals surface area contributed by atoms with Gasteiger partial charge in [0.15, 0.2) is 0 Å². The highest BCUT2D eigenvalue weighted by Gasteiger charge is 2.10. The maximum atomic E-state index is 9.33. The zero-order valence-corrected chi connectivity index (χ0v) is 11.2. The first-order chi connectivity index (χ1) is 9.88. The summed E-state index contributed by atoms with van der Waals surface area (Å²) in [7, 11) is 0. The molecule has 1 aromatic carbocycles. The van der Waals surface area contributed by atoms with Crippen molar-refractivity contribution in [3.63, 3.8) is 0 Å². The van der Waals surface area contributed by atoms with E-state index in [0.29, 0.717) is 6.54 Å². The molecule has 0 atom stereocenters. The lowest BCUT2D eigenvalue weighted by atomic mass is 10.2. The minimum atomic E-state index is 0.123. The van der Waals surface area contributed by atoms with E-state index >= 15 is 0 Å². The number of hydrogen-bond acceptors (Lipinski definition) is 3. The number of anilines is 1. The first-order valence-electron chi connectivity index (χ1n) is 6.70. The van der Waals surface area contributed by atoms with Crippen LogP contribution >= 0.6 is 0 Å². The standard InChI is InChI=1S/C16H17N3O/c20-12-11-18(13-14-5-2-1-3-6-14)16-8-4-7-15-17-9-10-19(15)16/h1-10,20H,11-13H2. The molecule has 0 saturated carbocycles. The summed E-state index contributed by atoms with van der Waals surface area (Å²) < 4.78 is 2.04. The Morgan fingerprint density at radius 1 is 1.05 bits per heavy atom. The van der Waals surface area contributed by atoms with E-state index in [0.717, 1.165) is 18.0 Å². The van der Waals surface area contributed by atoms with Crippen molar-refractivity contribution in [1.29, 1.82) is 0 Å². The maximum Gasteiger partial charge on any atom is 0.138 e. The van der Waals surface area contributed by atoms with E-state index in [1.807, 2.05) is 47.0 Å². The van der Waals surface area contributed by atoms with Crippen LogP contribution in [-0.2, 0) is 6.54 Å². The lowest BCUT2D eigenvalue weighted by Gasteiger charge is -2.25. The zero-order chi connectivity index (χ0) is 13.8. The van der Waals surface area contributed by atoms with Gasteiger partial charge < -0.3 is 10.0 Å². The molecule has 0 bridgehead atoms. The Morgan fingerprint density at radius 2 is 1.90 bits per heavy atom. The zero-order valence-electron chi connectivity index (χ0n) is 11.2. The number of imidazole rings is 1. The molecule has 4 nitrogen and oxygen atoms in total. The number of benzene rings is 1. The highest BCUT2D eigenvalue weighted by molar-refractivity contribution is 5.51. The van der Waals surface area contributed by atoms with Gasteiger partial charge in [0.25, 0.3) is 0 Å². The fraction of sp³-hybridized carbons (Fsp3) is 0.188. The Morgan fingerprint density at radius 3 is 2.70 bits per heavy atom. The van der Waals surface area contributed by atoms with E-state index in [-0.39, 0.29) is 6.61 Å². The number of hydrogen-bond donors (Lipinski definition) is 1. The summed E-state index contributed by atoms with van der Waals surface area (Å²) in [6.45, 7) is 1.47. The second-order valence-electron chi connectivity index (χ2n) is 4.67. The van der Waals surface area contributed by atoms with Crippen molar-refractivity contribution in [2.45, 2.75) is 6.54 Å². The van der Waals surface area contributed by atoms with Crippen molar-refractivity contribution in [2.24, 2.45) is 0 Å². The van der Waals surface area contributed by atoms with Gasteiger partial charge in [0.05, 0.1) is 6.61 Å². The van der Waals surface area contributed by atoms with Crippen LogP contribution in [0.25, 0.3) is 5.65 Å². The largest absolute Gasteiger partial charge is 0.395 e. The molecule has 0 aliphatic rings. The monoisotopic (exact) mass is 267 g/mol. The number of fused-ring (bicyclic) bond motifs is 1. The Kier molecular flexibility index (Phi) is 3.65. The van der Waals surface area contributed by atoms with Crippen LogP contribution in [0.3, 0.4) is 0 Å². The van der Waals surface area contributed by atoms with Crippen LogP contribution in [0.4, 0.5) is 5.82 Å². The molecular formula is C16H17N3O. The highest BCUT2D eigenvalue weighted by Crippen LogP contribution is 2.18. The average molecular weight is 267 g/mol. The van der Waals surface area contributed by atoms with Gasteiger partial charge >= 0.3 is 0 Å². The highest BCUT2D eigenvalue weighted by atomic mass is 16.3. The number of rotatable bonds is 5. The number of aliphatic hydroxyl groups excluding tert-OH is 1. The summed E-state index contributed by atoms with van der Waals surface area (Å²) in [5.41, 5.74) is 2.14. The van der Waals surface area contributed by atoms with Gasteiger partial charge in [0.2, 0.25) is 0 Å². The fourth-order valence-corrected chi connectivity index (χ4v) is 2.39. The lowest BCUT2D eigenvalue weighted by molar-refractivity contribution is 0.301. The molecule has 2 heterocycles. The summed E-state index contributed by atoms with van der Waals surface area (Å²) >= 11 is 0. The molecule has 102 valence electrons. The average Bonchev–Trinajstić information content (AvgIpc) is 2.96. The molecule has 1 N–H and O–H groups in total. The van der Waals surface area contributed by atoms with Crippen molar-refractivity contribution in [3.05, 3.63) is 66.5 Å². The molecule has 0 spiro atoms. The summed E-state index contributed by atoms with van der Waals surface area (Å²) in [6, 6.07) is 16.3. The van der Waals surface area contributed by atoms with Crippen molar-refractivity contribution in [1.82, 2.24) is 9.38 Å². The third-order valence-corrected chi connectivity index (χ3v) is 3.32. The second-order valence-corrected chi connectivity index (χ2v) is 4.67. The predicted octanol–water partition coefficient (Wildman–Crippen LogP) is 2.33.